The van der Waals surface area contributed by atoms with Gasteiger partial charge in [-0.25, -0.2) is 0 Å². The first kappa shape index (κ1) is 30.8. The fraction of sp³-hybridized carbons (Fsp3) is 0.429. The smallest absolute Gasteiger partial charge is 0.0252 e. The number of likely N-dealkylation sites (N-methyl/N-ethyl adjacent to an activating group) is 1. The van der Waals surface area contributed by atoms with E-state index in [-0.39, 0.29) is 16.4 Å². The van der Waals surface area contributed by atoms with Gasteiger partial charge in [0.05, 0.1) is 0 Å². The third-order valence-electron chi connectivity index (χ3n) is 11.6. The molecule has 44 heavy (non-hydrogen) atoms. The van der Waals surface area contributed by atoms with Gasteiger partial charge in [-0.1, -0.05) is 142 Å². The summed E-state index contributed by atoms with van der Waals surface area (Å²) in [6.45, 7) is 2.32. The van der Waals surface area contributed by atoms with Crippen LogP contribution >= 0.6 is 0 Å². The lowest BCUT2D eigenvalue weighted by molar-refractivity contribution is 0.0698. The van der Waals surface area contributed by atoms with Crippen molar-refractivity contribution in [1.82, 2.24) is 4.90 Å². The molecule has 2 unspecified atom stereocenters. The van der Waals surface area contributed by atoms with Gasteiger partial charge in [-0.15, -0.1) is 0 Å². The Hall–Kier alpha value is -3.20. The molecular formula is C42H52N2. The molecule has 4 aromatic carbocycles. The molecule has 0 saturated heterocycles. The summed E-state index contributed by atoms with van der Waals surface area (Å²) in [5.74, 6) is 0. The van der Waals surface area contributed by atoms with E-state index in [0.717, 1.165) is 19.3 Å². The molecule has 0 bridgehead atoms. The normalized spacial score (nSPS) is 19.0. The number of nitrogens with zero attached hydrogens (tertiary/aromatic N) is 1. The van der Waals surface area contributed by atoms with Crippen molar-refractivity contribution < 1.29 is 0 Å². The molecule has 4 aromatic rings. The van der Waals surface area contributed by atoms with E-state index in [4.69, 9.17) is 5.73 Å². The van der Waals surface area contributed by atoms with Crippen molar-refractivity contribution in [3.05, 3.63) is 120 Å². The fourth-order valence-electron chi connectivity index (χ4n) is 8.90. The molecule has 230 valence electrons. The molecule has 0 aliphatic heterocycles. The topological polar surface area (TPSA) is 29.3 Å². The van der Waals surface area contributed by atoms with Crippen LogP contribution in [0.15, 0.2) is 109 Å². The lowest BCUT2D eigenvalue weighted by Gasteiger charge is -2.56. The number of rotatable bonds is 13. The lowest BCUT2D eigenvalue weighted by Crippen LogP contribution is -2.61. The molecule has 2 saturated carbocycles. The van der Waals surface area contributed by atoms with Crippen molar-refractivity contribution in [2.45, 2.75) is 100.0 Å². The second-order valence-electron chi connectivity index (χ2n) is 14.1. The molecule has 2 heteroatoms. The molecule has 2 aliphatic rings. The second-order valence-corrected chi connectivity index (χ2v) is 14.1. The maximum absolute atomic E-state index is 7.62. The Morgan fingerprint density at radius 3 is 1.52 bits per heavy atom. The van der Waals surface area contributed by atoms with Crippen LogP contribution in [-0.4, -0.2) is 30.6 Å². The number of benzene rings is 4. The van der Waals surface area contributed by atoms with Crippen molar-refractivity contribution >= 4 is 0 Å². The maximum Gasteiger partial charge on any atom is 0.0252 e. The number of hydrogen-bond acceptors (Lipinski definition) is 2. The van der Waals surface area contributed by atoms with E-state index in [2.05, 4.69) is 135 Å². The molecule has 2 aliphatic carbocycles. The van der Waals surface area contributed by atoms with E-state index in [1.54, 1.807) is 0 Å². The van der Waals surface area contributed by atoms with Gasteiger partial charge in [0.1, 0.15) is 0 Å². The molecule has 0 spiro atoms. The summed E-state index contributed by atoms with van der Waals surface area (Å²) in [6, 6.07) is 41.0. The zero-order chi connectivity index (χ0) is 30.6. The van der Waals surface area contributed by atoms with Crippen LogP contribution in [0.2, 0.25) is 0 Å². The van der Waals surface area contributed by atoms with E-state index >= 15 is 0 Å². The van der Waals surface area contributed by atoms with Gasteiger partial charge in [0.25, 0.3) is 0 Å². The van der Waals surface area contributed by atoms with Crippen LogP contribution in [-0.2, 0) is 10.8 Å². The minimum Gasteiger partial charge on any atom is -0.324 e. The van der Waals surface area contributed by atoms with Gasteiger partial charge in [0, 0.05) is 22.4 Å². The van der Waals surface area contributed by atoms with Crippen molar-refractivity contribution in [1.29, 1.82) is 0 Å². The molecule has 6 rings (SSSR count). The van der Waals surface area contributed by atoms with E-state index < -0.39 is 0 Å². The fourth-order valence-corrected chi connectivity index (χ4v) is 8.90. The minimum atomic E-state index is -0.171. The first-order chi connectivity index (χ1) is 21.4. The summed E-state index contributed by atoms with van der Waals surface area (Å²) in [5, 5.41) is 0. The Morgan fingerprint density at radius 2 is 1.11 bits per heavy atom. The van der Waals surface area contributed by atoms with E-state index in [9.17, 15) is 0 Å². The Labute approximate surface area is 266 Å². The van der Waals surface area contributed by atoms with Crippen LogP contribution in [0.3, 0.4) is 0 Å². The van der Waals surface area contributed by atoms with Crippen molar-refractivity contribution in [2.75, 3.05) is 14.1 Å². The van der Waals surface area contributed by atoms with E-state index in [0.29, 0.717) is 6.04 Å². The minimum absolute atomic E-state index is 0.0905. The summed E-state index contributed by atoms with van der Waals surface area (Å²) in [4.78, 5) is 2.52. The predicted octanol–water partition coefficient (Wildman–Crippen LogP) is 10.2. The van der Waals surface area contributed by atoms with Gasteiger partial charge >= 0.3 is 0 Å². The zero-order valence-corrected chi connectivity index (χ0v) is 27.3. The highest BCUT2D eigenvalue weighted by Crippen LogP contribution is 2.54. The van der Waals surface area contributed by atoms with Crippen LogP contribution in [0.5, 0.6) is 0 Å². The SMILES string of the molecule is CCCC(N)(CCCC(N(C)C)C1(c2ccc(-c3ccccc3)cc2)CCC1)C1(c2ccc(-c3ccccc3)cc2)CCC1. The molecule has 0 heterocycles. The molecular weight excluding hydrogens is 532 g/mol. The van der Waals surface area contributed by atoms with Gasteiger partial charge < -0.3 is 10.6 Å². The van der Waals surface area contributed by atoms with Crippen molar-refractivity contribution in [2.24, 2.45) is 5.73 Å². The Bertz CT molecular complexity index is 1460. The Kier molecular flexibility index (Phi) is 9.13. The van der Waals surface area contributed by atoms with Crippen molar-refractivity contribution in [3.63, 3.8) is 0 Å². The first-order valence-corrected chi connectivity index (χ1v) is 17.2. The molecule has 2 atom stereocenters. The number of hydrogen-bond donors (Lipinski definition) is 1. The summed E-state index contributed by atoms with van der Waals surface area (Å²) in [5.41, 5.74) is 15.9. The maximum atomic E-state index is 7.62. The zero-order valence-electron chi connectivity index (χ0n) is 27.3. The molecule has 2 fully saturated rings. The average molecular weight is 585 g/mol. The van der Waals surface area contributed by atoms with Crippen LogP contribution in [0.25, 0.3) is 22.3 Å². The summed E-state index contributed by atoms with van der Waals surface area (Å²) in [7, 11) is 4.60. The molecule has 0 radical (unpaired) electrons. The predicted molar refractivity (Wildman–Crippen MR) is 188 cm³/mol. The van der Waals surface area contributed by atoms with E-state index in [1.165, 1.54) is 84.7 Å². The van der Waals surface area contributed by atoms with Crippen LogP contribution in [0.1, 0.15) is 88.7 Å². The monoisotopic (exact) mass is 584 g/mol. The summed E-state index contributed by atoms with van der Waals surface area (Å²) in [6.07, 6.45) is 13.3. The largest absolute Gasteiger partial charge is 0.324 e. The van der Waals surface area contributed by atoms with Crippen LogP contribution < -0.4 is 5.73 Å². The third-order valence-corrected chi connectivity index (χ3v) is 11.6. The third kappa shape index (κ3) is 5.68. The molecule has 2 nitrogen and oxygen atoms in total. The van der Waals surface area contributed by atoms with Gasteiger partial charge in [-0.3, -0.25) is 0 Å². The lowest BCUT2D eigenvalue weighted by atomic mass is 9.51. The van der Waals surface area contributed by atoms with Gasteiger partial charge in [0.15, 0.2) is 0 Å². The molecule has 0 amide bonds. The molecule has 0 aromatic heterocycles. The summed E-state index contributed by atoms with van der Waals surface area (Å²) >= 11 is 0. The molecule has 2 N–H and O–H groups in total. The number of nitrogens with two attached hydrogens (primary N) is 1. The van der Waals surface area contributed by atoms with E-state index in [1.807, 2.05) is 0 Å². The highest BCUT2D eigenvalue weighted by molar-refractivity contribution is 5.65. The second kappa shape index (κ2) is 13.0. The van der Waals surface area contributed by atoms with Crippen molar-refractivity contribution in [3.8, 4) is 22.3 Å². The van der Waals surface area contributed by atoms with Gasteiger partial charge in [-0.2, -0.15) is 0 Å². The highest BCUT2D eigenvalue weighted by atomic mass is 15.1. The average Bonchev–Trinajstić information content (AvgIpc) is 3.01. The highest BCUT2D eigenvalue weighted by Gasteiger charge is 2.53. The van der Waals surface area contributed by atoms with Crippen LogP contribution in [0, 0.1) is 0 Å². The Morgan fingerprint density at radius 1 is 0.636 bits per heavy atom. The van der Waals surface area contributed by atoms with Gasteiger partial charge in [-0.05, 0) is 92.4 Å². The standard InChI is InChI=1S/C42H52N2/c1-4-27-42(43,41(30-13-31-41)38-25-21-36(22-26-38)34-16-9-6-10-17-34)32-11-18-39(44(2)3)40(28-12-29-40)37-23-19-35(20-24-37)33-14-7-5-8-15-33/h5-10,14-17,19-26,39H,4,11-13,18,27-32,43H2,1-3H3. The first-order valence-electron chi connectivity index (χ1n) is 17.2. The summed E-state index contributed by atoms with van der Waals surface area (Å²) < 4.78 is 0. The van der Waals surface area contributed by atoms with Gasteiger partial charge in [0.2, 0.25) is 0 Å². The quantitative estimate of drug-likeness (QED) is 0.169. The Balaban J connectivity index is 1.20. The van der Waals surface area contributed by atoms with Crippen LogP contribution in [0.4, 0.5) is 0 Å².